The van der Waals surface area contributed by atoms with Crippen molar-refractivity contribution >= 4 is 24.3 Å². The molecule has 1 amide bonds. The summed E-state index contributed by atoms with van der Waals surface area (Å²) in [5.74, 6) is -0.525. The van der Waals surface area contributed by atoms with E-state index in [1.54, 1.807) is 18.7 Å². The van der Waals surface area contributed by atoms with Crippen LogP contribution < -0.4 is 10.6 Å². The molecule has 0 spiro atoms. The van der Waals surface area contributed by atoms with Crippen molar-refractivity contribution in [2.75, 3.05) is 18.4 Å². The van der Waals surface area contributed by atoms with Crippen molar-refractivity contribution < 1.29 is 13.6 Å². The van der Waals surface area contributed by atoms with Crippen LogP contribution >= 0.6 is 12.4 Å². The fraction of sp³-hybridized carbons (Fsp3) is 0.500. The van der Waals surface area contributed by atoms with E-state index >= 15 is 0 Å². The van der Waals surface area contributed by atoms with Gasteiger partial charge in [0, 0.05) is 25.5 Å². The minimum Gasteiger partial charge on any atom is -0.317 e. The summed E-state index contributed by atoms with van der Waals surface area (Å²) < 4.78 is 28.4. The van der Waals surface area contributed by atoms with Gasteiger partial charge >= 0.3 is 0 Å². The Hall–Kier alpha value is -2.06. The van der Waals surface area contributed by atoms with E-state index in [4.69, 9.17) is 0 Å². The Balaban J connectivity index is 0.00000261. The molecule has 0 bridgehead atoms. The van der Waals surface area contributed by atoms with Crippen LogP contribution in [0.4, 0.5) is 14.7 Å². The smallest absolute Gasteiger partial charge is 0.227 e. The summed E-state index contributed by atoms with van der Waals surface area (Å²) in [5, 5.41) is 10.4. The number of amides is 1. The summed E-state index contributed by atoms with van der Waals surface area (Å²) in [4.78, 5) is 16.8. The lowest BCUT2D eigenvalue weighted by Crippen LogP contribution is -2.27. The predicted octanol–water partition coefficient (Wildman–Crippen LogP) is 3.11. The van der Waals surface area contributed by atoms with Crippen LogP contribution in [0.2, 0.25) is 0 Å². The Morgan fingerprint density at radius 3 is 2.74 bits per heavy atom. The number of carbonyl (C=O) groups excluding carboxylic acids is 1. The third kappa shape index (κ3) is 5.23. The van der Waals surface area contributed by atoms with Gasteiger partial charge < -0.3 is 5.32 Å². The number of hydrogen-bond donors (Lipinski definition) is 2. The molecule has 1 saturated heterocycles. The lowest BCUT2D eigenvalue weighted by atomic mass is 9.97. The van der Waals surface area contributed by atoms with Crippen LogP contribution in [0.3, 0.4) is 0 Å². The Morgan fingerprint density at radius 2 is 2.07 bits per heavy atom. The Labute approximate surface area is 163 Å². The zero-order valence-corrected chi connectivity index (χ0v) is 16.2. The second kappa shape index (κ2) is 9.23. The number of aryl methyl sites for hydroxylation is 1. The minimum absolute atomic E-state index is 0. The molecule has 2 heterocycles. The largest absolute Gasteiger partial charge is 0.317 e. The molecule has 9 heteroatoms. The number of piperidine rings is 1. The van der Waals surface area contributed by atoms with Gasteiger partial charge in [-0.2, -0.15) is 10.1 Å². The van der Waals surface area contributed by atoms with Gasteiger partial charge in [0.2, 0.25) is 11.9 Å². The van der Waals surface area contributed by atoms with Crippen LogP contribution in [0.5, 0.6) is 0 Å². The molecule has 0 radical (unpaired) electrons. The summed E-state index contributed by atoms with van der Waals surface area (Å²) in [6.45, 7) is 3.60. The van der Waals surface area contributed by atoms with Crippen LogP contribution in [0.15, 0.2) is 18.2 Å². The molecule has 1 unspecified atom stereocenters. The standard InChI is InChI=1S/C18H23F2N5O.ClH/c1-11(14-4-3-13(19)10-15(14)20)9-16(26)22-18-23-17(24-25(18)2)12-5-7-21-8-6-12;/h3-4,10-12,21H,5-9H2,1-2H3,(H,22,23,24,26);1H. The molecule has 2 aromatic rings. The quantitative estimate of drug-likeness (QED) is 0.810. The number of anilines is 1. The first-order chi connectivity index (χ1) is 12.4. The molecule has 2 N–H and O–H groups in total. The first-order valence-corrected chi connectivity index (χ1v) is 8.80. The molecule has 1 aliphatic heterocycles. The average molecular weight is 400 g/mol. The van der Waals surface area contributed by atoms with Crippen molar-refractivity contribution in [3.8, 4) is 0 Å². The van der Waals surface area contributed by atoms with Crippen molar-refractivity contribution in [2.24, 2.45) is 7.05 Å². The molecule has 6 nitrogen and oxygen atoms in total. The second-order valence-electron chi connectivity index (χ2n) is 6.76. The molecule has 1 aromatic heterocycles. The molecule has 1 aromatic carbocycles. The van der Waals surface area contributed by atoms with Crippen LogP contribution in [-0.2, 0) is 11.8 Å². The van der Waals surface area contributed by atoms with Gasteiger partial charge in [0.1, 0.15) is 11.6 Å². The fourth-order valence-electron chi connectivity index (χ4n) is 3.23. The maximum atomic E-state index is 13.8. The number of rotatable bonds is 5. The van der Waals surface area contributed by atoms with E-state index in [0.717, 1.165) is 37.8 Å². The molecule has 0 aliphatic carbocycles. The normalized spacial score (nSPS) is 15.9. The van der Waals surface area contributed by atoms with Gasteiger partial charge in [-0.15, -0.1) is 12.4 Å². The van der Waals surface area contributed by atoms with Gasteiger partial charge in [-0.25, -0.2) is 13.5 Å². The number of hydrogen-bond acceptors (Lipinski definition) is 4. The highest BCUT2D eigenvalue weighted by molar-refractivity contribution is 5.89. The van der Waals surface area contributed by atoms with Crippen LogP contribution in [0.1, 0.15) is 49.4 Å². The van der Waals surface area contributed by atoms with Crippen molar-refractivity contribution in [3.63, 3.8) is 0 Å². The minimum atomic E-state index is -0.642. The van der Waals surface area contributed by atoms with Crippen LogP contribution in [-0.4, -0.2) is 33.8 Å². The number of benzene rings is 1. The summed E-state index contributed by atoms with van der Waals surface area (Å²) >= 11 is 0. The molecule has 1 atom stereocenters. The highest BCUT2D eigenvalue weighted by Gasteiger charge is 2.22. The third-order valence-electron chi connectivity index (χ3n) is 4.72. The van der Waals surface area contributed by atoms with Crippen molar-refractivity contribution in [1.29, 1.82) is 0 Å². The van der Waals surface area contributed by atoms with Gasteiger partial charge in [0.25, 0.3) is 0 Å². The van der Waals surface area contributed by atoms with E-state index in [2.05, 4.69) is 20.7 Å². The lowest BCUT2D eigenvalue weighted by Gasteiger charge is -2.19. The summed E-state index contributed by atoms with van der Waals surface area (Å²) in [7, 11) is 1.73. The van der Waals surface area contributed by atoms with E-state index in [1.165, 1.54) is 12.1 Å². The molecular formula is C18H24ClF2N5O. The molecule has 1 fully saturated rings. The maximum absolute atomic E-state index is 13.8. The summed E-state index contributed by atoms with van der Waals surface area (Å²) in [6.07, 6.45) is 2.01. The van der Waals surface area contributed by atoms with Crippen molar-refractivity contribution in [3.05, 3.63) is 41.2 Å². The van der Waals surface area contributed by atoms with E-state index in [-0.39, 0.29) is 30.7 Å². The van der Waals surface area contributed by atoms with Crippen molar-refractivity contribution in [1.82, 2.24) is 20.1 Å². The SMILES string of the molecule is CC(CC(=O)Nc1nc(C2CCNCC2)nn1C)c1ccc(F)cc1F.Cl. The Morgan fingerprint density at radius 1 is 1.37 bits per heavy atom. The average Bonchev–Trinajstić information content (AvgIpc) is 2.96. The first kappa shape index (κ1) is 21.2. The number of carbonyl (C=O) groups is 1. The van der Waals surface area contributed by atoms with E-state index in [0.29, 0.717) is 17.4 Å². The number of halogens is 3. The molecule has 0 saturated carbocycles. The zero-order valence-electron chi connectivity index (χ0n) is 15.3. The molecule has 148 valence electrons. The fourth-order valence-corrected chi connectivity index (χ4v) is 3.23. The Bertz CT molecular complexity index is 792. The third-order valence-corrected chi connectivity index (χ3v) is 4.72. The number of nitrogens with zero attached hydrogens (tertiary/aromatic N) is 3. The van der Waals surface area contributed by atoms with Gasteiger partial charge in [-0.05, 0) is 43.5 Å². The molecule has 1 aliphatic rings. The maximum Gasteiger partial charge on any atom is 0.227 e. The van der Waals surface area contributed by atoms with Gasteiger partial charge in [-0.1, -0.05) is 13.0 Å². The first-order valence-electron chi connectivity index (χ1n) is 8.80. The van der Waals surface area contributed by atoms with Gasteiger partial charge in [0.05, 0.1) is 0 Å². The highest BCUT2D eigenvalue weighted by Crippen LogP contribution is 2.25. The van der Waals surface area contributed by atoms with E-state index in [9.17, 15) is 13.6 Å². The van der Waals surface area contributed by atoms with Crippen molar-refractivity contribution in [2.45, 2.75) is 38.0 Å². The monoisotopic (exact) mass is 399 g/mol. The Kier molecular flexibility index (Phi) is 7.26. The molecular weight excluding hydrogens is 376 g/mol. The lowest BCUT2D eigenvalue weighted by molar-refractivity contribution is -0.116. The topological polar surface area (TPSA) is 71.8 Å². The van der Waals surface area contributed by atoms with E-state index < -0.39 is 11.6 Å². The highest BCUT2D eigenvalue weighted by atomic mass is 35.5. The number of aromatic nitrogens is 3. The zero-order chi connectivity index (χ0) is 18.7. The molecule has 3 rings (SSSR count). The van der Waals surface area contributed by atoms with Gasteiger partial charge in [0.15, 0.2) is 5.82 Å². The molecule has 27 heavy (non-hydrogen) atoms. The summed E-state index contributed by atoms with van der Waals surface area (Å²) in [6, 6.07) is 3.40. The predicted molar refractivity (Wildman–Crippen MR) is 101 cm³/mol. The van der Waals surface area contributed by atoms with E-state index in [1.807, 2.05) is 0 Å². The van der Waals surface area contributed by atoms with Gasteiger partial charge in [-0.3, -0.25) is 10.1 Å². The second-order valence-corrected chi connectivity index (χ2v) is 6.76. The summed E-state index contributed by atoms with van der Waals surface area (Å²) in [5.41, 5.74) is 0.315. The van der Waals surface area contributed by atoms with Crippen LogP contribution in [0.25, 0.3) is 0 Å². The van der Waals surface area contributed by atoms with Crippen LogP contribution in [0, 0.1) is 11.6 Å². The number of nitrogens with one attached hydrogen (secondary N) is 2.